The maximum atomic E-state index is 12.6. The van der Waals surface area contributed by atoms with Crippen LogP contribution in [-0.2, 0) is 10.2 Å². The monoisotopic (exact) mass is 281 g/mol. The minimum atomic E-state index is -0.532. The molecule has 2 rings (SSSR count). The Hall–Kier alpha value is -1.88. The van der Waals surface area contributed by atoms with Gasteiger partial charge in [-0.25, -0.2) is 0 Å². The number of nitrogens with zero attached hydrogens (tertiary/aromatic N) is 1. The standard InChI is InChI=1S/C19H23NO/c1-12-7-8-13-14(10-19(5,6)16(13)9-12)15(11-20)17(21)18(2,3)4/h7-9H,10H2,1-6H3/b15-14+. The number of allylic oxidation sites excluding steroid dienone is 2. The number of aryl methyl sites for hydroxylation is 1. The zero-order chi connectivity index (χ0) is 16.0. The van der Waals surface area contributed by atoms with E-state index in [-0.39, 0.29) is 11.2 Å². The molecular formula is C19H23NO. The predicted octanol–water partition coefficient (Wildman–Crippen LogP) is 4.57. The lowest BCUT2D eigenvalue weighted by molar-refractivity contribution is -0.122. The van der Waals surface area contributed by atoms with Crippen LogP contribution < -0.4 is 0 Å². The van der Waals surface area contributed by atoms with Gasteiger partial charge in [-0.15, -0.1) is 0 Å². The summed E-state index contributed by atoms with van der Waals surface area (Å²) < 4.78 is 0. The van der Waals surface area contributed by atoms with Crippen molar-refractivity contribution in [2.24, 2.45) is 5.41 Å². The van der Waals surface area contributed by atoms with Gasteiger partial charge >= 0.3 is 0 Å². The van der Waals surface area contributed by atoms with Crippen LogP contribution >= 0.6 is 0 Å². The van der Waals surface area contributed by atoms with Crippen LogP contribution in [0.15, 0.2) is 23.8 Å². The molecule has 1 aliphatic carbocycles. The predicted molar refractivity (Wildman–Crippen MR) is 85.8 cm³/mol. The summed E-state index contributed by atoms with van der Waals surface area (Å²) in [6.45, 7) is 12.0. The molecule has 2 heteroatoms. The van der Waals surface area contributed by atoms with Crippen molar-refractivity contribution in [3.8, 4) is 6.07 Å². The minimum absolute atomic E-state index is 0.0308. The van der Waals surface area contributed by atoms with Crippen molar-refractivity contribution in [2.75, 3.05) is 0 Å². The van der Waals surface area contributed by atoms with Crippen LogP contribution in [0, 0.1) is 23.7 Å². The average molecular weight is 281 g/mol. The van der Waals surface area contributed by atoms with Gasteiger partial charge in [0.25, 0.3) is 0 Å². The molecule has 0 saturated carbocycles. The third-order valence-electron chi connectivity index (χ3n) is 4.17. The molecule has 1 aromatic carbocycles. The molecule has 0 bridgehead atoms. The zero-order valence-electron chi connectivity index (χ0n) is 13.8. The number of Topliss-reactive ketones (excluding diaryl/α,β-unsaturated/α-hetero) is 1. The number of carbonyl (C=O) groups is 1. The maximum absolute atomic E-state index is 12.6. The molecule has 0 aliphatic heterocycles. The number of nitriles is 1. The van der Waals surface area contributed by atoms with E-state index in [1.165, 1.54) is 11.1 Å². The van der Waals surface area contributed by atoms with Gasteiger partial charge in [0.1, 0.15) is 6.07 Å². The first-order chi connectivity index (χ1) is 9.58. The summed E-state index contributed by atoms with van der Waals surface area (Å²) in [5, 5.41) is 9.54. The van der Waals surface area contributed by atoms with Crippen LogP contribution in [0.4, 0.5) is 0 Å². The molecule has 0 N–H and O–H groups in total. The Morgan fingerprint density at radius 1 is 1.29 bits per heavy atom. The molecule has 110 valence electrons. The lowest BCUT2D eigenvalue weighted by Gasteiger charge is -2.19. The number of carbonyl (C=O) groups excluding carboxylic acids is 1. The van der Waals surface area contributed by atoms with Gasteiger partial charge in [-0.05, 0) is 35.5 Å². The molecule has 0 unspecified atom stereocenters. The molecule has 0 atom stereocenters. The van der Waals surface area contributed by atoms with Crippen LogP contribution in [0.2, 0.25) is 0 Å². The number of benzene rings is 1. The van der Waals surface area contributed by atoms with Gasteiger partial charge in [-0.1, -0.05) is 58.4 Å². The lowest BCUT2D eigenvalue weighted by Crippen LogP contribution is -2.22. The number of rotatable bonds is 1. The molecule has 0 radical (unpaired) electrons. The normalized spacial score (nSPS) is 18.9. The van der Waals surface area contributed by atoms with Crippen LogP contribution in [-0.4, -0.2) is 5.78 Å². The number of hydrogen-bond acceptors (Lipinski definition) is 2. The molecule has 0 heterocycles. The highest BCUT2D eigenvalue weighted by molar-refractivity contribution is 6.09. The fourth-order valence-electron chi connectivity index (χ4n) is 2.97. The zero-order valence-corrected chi connectivity index (χ0v) is 13.8. The summed E-state index contributed by atoms with van der Waals surface area (Å²) >= 11 is 0. The Bertz CT molecular complexity index is 678. The first kappa shape index (κ1) is 15.5. The Morgan fingerprint density at radius 3 is 2.43 bits per heavy atom. The SMILES string of the molecule is Cc1ccc2c(c1)C(C)(C)C/C2=C(/C#N)C(=O)C(C)(C)C. The molecule has 0 amide bonds. The van der Waals surface area contributed by atoms with Crippen LogP contribution in [0.1, 0.15) is 57.7 Å². The molecule has 0 aromatic heterocycles. The molecule has 21 heavy (non-hydrogen) atoms. The minimum Gasteiger partial charge on any atom is -0.293 e. The molecule has 1 aromatic rings. The fourth-order valence-corrected chi connectivity index (χ4v) is 2.97. The third-order valence-corrected chi connectivity index (χ3v) is 4.17. The van der Waals surface area contributed by atoms with Crippen molar-refractivity contribution in [1.29, 1.82) is 5.26 Å². The van der Waals surface area contributed by atoms with E-state index >= 15 is 0 Å². The summed E-state index contributed by atoms with van der Waals surface area (Å²) in [5.74, 6) is -0.0655. The summed E-state index contributed by atoms with van der Waals surface area (Å²) in [6, 6.07) is 8.46. The van der Waals surface area contributed by atoms with Crippen molar-refractivity contribution < 1.29 is 4.79 Å². The summed E-state index contributed by atoms with van der Waals surface area (Å²) in [4.78, 5) is 12.6. The van der Waals surface area contributed by atoms with Crippen molar-refractivity contribution in [1.82, 2.24) is 0 Å². The number of fused-ring (bicyclic) bond motifs is 1. The Labute approximate surface area is 127 Å². The van der Waals surface area contributed by atoms with Gasteiger partial charge in [-0.3, -0.25) is 4.79 Å². The quantitative estimate of drug-likeness (QED) is 0.559. The van der Waals surface area contributed by atoms with E-state index in [2.05, 4.69) is 45.0 Å². The van der Waals surface area contributed by atoms with Gasteiger partial charge in [0.15, 0.2) is 5.78 Å². The summed E-state index contributed by atoms with van der Waals surface area (Å²) in [5.41, 5.74) is 4.21. The van der Waals surface area contributed by atoms with Gasteiger partial charge < -0.3 is 0 Å². The third kappa shape index (κ3) is 2.65. The average Bonchev–Trinajstić information content (AvgIpc) is 2.61. The Kier molecular flexibility index (Phi) is 3.58. The van der Waals surface area contributed by atoms with Gasteiger partial charge in [-0.2, -0.15) is 5.26 Å². The first-order valence-electron chi connectivity index (χ1n) is 7.37. The van der Waals surface area contributed by atoms with E-state index in [1.54, 1.807) is 0 Å². The van der Waals surface area contributed by atoms with E-state index < -0.39 is 5.41 Å². The largest absolute Gasteiger partial charge is 0.293 e. The highest BCUT2D eigenvalue weighted by Gasteiger charge is 2.37. The number of hydrogen-bond donors (Lipinski definition) is 0. The van der Waals surface area contributed by atoms with Crippen LogP contribution in [0.3, 0.4) is 0 Å². The van der Waals surface area contributed by atoms with E-state index in [1.807, 2.05) is 20.8 Å². The topological polar surface area (TPSA) is 40.9 Å². The van der Waals surface area contributed by atoms with Crippen LogP contribution in [0.5, 0.6) is 0 Å². The fraction of sp³-hybridized carbons (Fsp3) is 0.474. The first-order valence-corrected chi connectivity index (χ1v) is 7.37. The highest BCUT2D eigenvalue weighted by atomic mass is 16.1. The molecule has 0 spiro atoms. The second-order valence-electron chi connectivity index (χ2n) is 7.65. The molecule has 0 fully saturated rings. The molecule has 1 aliphatic rings. The summed E-state index contributed by atoms with van der Waals surface area (Å²) in [6.07, 6.45) is 0.747. The van der Waals surface area contributed by atoms with E-state index in [0.29, 0.717) is 5.57 Å². The Balaban J connectivity index is 2.70. The smallest absolute Gasteiger partial charge is 0.178 e. The van der Waals surface area contributed by atoms with E-state index in [0.717, 1.165) is 17.6 Å². The van der Waals surface area contributed by atoms with E-state index in [9.17, 15) is 10.1 Å². The van der Waals surface area contributed by atoms with Gasteiger partial charge in [0.2, 0.25) is 0 Å². The van der Waals surface area contributed by atoms with Crippen molar-refractivity contribution in [3.05, 3.63) is 40.5 Å². The van der Waals surface area contributed by atoms with Crippen LogP contribution in [0.25, 0.3) is 5.57 Å². The second-order valence-corrected chi connectivity index (χ2v) is 7.65. The molecule has 2 nitrogen and oxygen atoms in total. The summed E-state index contributed by atoms with van der Waals surface area (Å²) in [7, 11) is 0. The van der Waals surface area contributed by atoms with E-state index in [4.69, 9.17) is 0 Å². The maximum Gasteiger partial charge on any atom is 0.178 e. The molecule has 0 saturated heterocycles. The van der Waals surface area contributed by atoms with Gasteiger partial charge in [0.05, 0.1) is 5.57 Å². The second kappa shape index (κ2) is 4.84. The van der Waals surface area contributed by atoms with Crippen molar-refractivity contribution >= 4 is 11.4 Å². The highest BCUT2D eigenvalue weighted by Crippen LogP contribution is 2.47. The lowest BCUT2D eigenvalue weighted by atomic mass is 9.83. The Morgan fingerprint density at radius 2 is 1.90 bits per heavy atom. The molecular weight excluding hydrogens is 258 g/mol. The van der Waals surface area contributed by atoms with Gasteiger partial charge in [0, 0.05) is 5.41 Å². The van der Waals surface area contributed by atoms with Crippen molar-refractivity contribution in [3.63, 3.8) is 0 Å². The van der Waals surface area contributed by atoms with Crippen molar-refractivity contribution in [2.45, 2.75) is 53.4 Å². The number of ketones is 1.